The maximum absolute atomic E-state index is 12.6. The molecule has 2 N–H and O–H groups in total. The van der Waals surface area contributed by atoms with Gasteiger partial charge in [0.2, 0.25) is 5.91 Å². The lowest BCUT2D eigenvalue weighted by atomic mass is 9.95. The maximum Gasteiger partial charge on any atom is 0.322 e. The quantitative estimate of drug-likeness (QED) is 0.743. The van der Waals surface area contributed by atoms with Crippen LogP contribution in [0, 0.1) is 0 Å². The van der Waals surface area contributed by atoms with Crippen LogP contribution >= 0.6 is 23.2 Å². The van der Waals surface area contributed by atoms with Crippen LogP contribution in [0.4, 0.5) is 10.5 Å². The zero-order chi connectivity index (χ0) is 19.8. The molecule has 0 bridgehead atoms. The number of amides is 4. The Bertz CT molecular complexity index is 788. The SMILES string of the molecule is C[C@H]1CN(C(=O)CC[C@@]2(C)NC(=O)NC2=O)CCN1c1ccc(Cl)c(Cl)c1. The summed E-state index contributed by atoms with van der Waals surface area (Å²) >= 11 is 12.1. The third kappa shape index (κ3) is 4.14. The van der Waals surface area contributed by atoms with Crippen molar-refractivity contribution < 1.29 is 14.4 Å². The Balaban J connectivity index is 1.57. The molecule has 0 spiro atoms. The minimum absolute atomic E-state index is 0.0224. The van der Waals surface area contributed by atoms with Crippen LogP contribution in [0.3, 0.4) is 0 Å². The lowest BCUT2D eigenvalue weighted by Gasteiger charge is -2.41. The molecular weight excluding hydrogens is 391 g/mol. The summed E-state index contributed by atoms with van der Waals surface area (Å²) in [5.74, 6) is -0.413. The third-order valence-electron chi connectivity index (χ3n) is 5.17. The molecule has 0 radical (unpaired) electrons. The Labute approximate surface area is 168 Å². The first kappa shape index (κ1) is 19.8. The molecule has 7 nitrogen and oxygen atoms in total. The molecule has 2 saturated heterocycles. The van der Waals surface area contributed by atoms with E-state index in [2.05, 4.69) is 15.5 Å². The standard InChI is InChI=1S/C18H22Cl2N4O3/c1-11-10-23(7-8-24(11)12-3-4-13(19)14(20)9-12)15(25)5-6-18(2)16(26)21-17(27)22-18/h3-4,9,11H,5-8,10H2,1-2H3,(H2,21,22,26,27)/t11-,18+/m0/s1. The Hall–Kier alpha value is -1.99. The van der Waals surface area contributed by atoms with Gasteiger partial charge in [-0.05, 0) is 38.5 Å². The number of urea groups is 1. The van der Waals surface area contributed by atoms with Crippen molar-refractivity contribution in [2.24, 2.45) is 0 Å². The van der Waals surface area contributed by atoms with E-state index in [1.165, 1.54) is 0 Å². The van der Waals surface area contributed by atoms with Crippen LogP contribution in [0.5, 0.6) is 0 Å². The number of hydrogen-bond donors (Lipinski definition) is 2. The minimum Gasteiger partial charge on any atom is -0.365 e. The Morgan fingerprint density at radius 2 is 2.00 bits per heavy atom. The first-order valence-electron chi connectivity index (χ1n) is 8.83. The fourth-order valence-corrected chi connectivity index (χ4v) is 3.79. The number of nitrogens with zero attached hydrogens (tertiary/aromatic N) is 2. The summed E-state index contributed by atoms with van der Waals surface area (Å²) in [7, 11) is 0. The molecule has 0 unspecified atom stereocenters. The average Bonchev–Trinajstić information content (AvgIpc) is 2.87. The van der Waals surface area contributed by atoms with Gasteiger partial charge in [-0.2, -0.15) is 0 Å². The van der Waals surface area contributed by atoms with E-state index < -0.39 is 17.5 Å². The molecule has 0 saturated carbocycles. The van der Waals surface area contributed by atoms with E-state index in [1.54, 1.807) is 17.9 Å². The molecule has 146 valence electrons. The van der Waals surface area contributed by atoms with Crippen molar-refractivity contribution in [3.05, 3.63) is 28.2 Å². The zero-order valence-corrected chi connectivity index (χ0v) is 16.7. The van der Waals surface area contributed by atoms with Crippen LogP contribution in [0.1, 0.15) is 26.7 Å². The topological polar surface area (TPSA) is 81.8 Å². The van der Waals surface area contributed by atoms with Gasteiger partial charge in [-0.15, -0.1) is 0 Å². The molecule has 27 heavy (non-hydrogen) atoms. The molecule has 4 amide bonds. The Morgan fingerprint density at radius 3 is 2.59 bits per heavy atom. The number of piperazine rings is 1. The summed E-state index contributed by atoms with van der Waals surface area (Å²) in [6, 6.07) is 5.12. The summed E-state index contributed by atoms with van der Waals surface area (Å²) in [6.07, 6.45) is 0.467. The van der Waals surface area contributed by atoms with Gasteiger partial charge in [-0.1, -0.05) is 23.2 Å². The minimum atomic E-state index is -1.03. The molecule has 0 aliphatic carbocycles. The summed E-state index contributed by atoms with van der Waals surface area (Å²) in [6.45, 7) is 5.52. The number of nitrogens with one attached hydrogen (secondary N) is 2. The van der Waals surface area contributed by atoms with E-state index in [9.17, 15) is 14.4 Å². The van der Waals surface area contributed by atoms with Gasteiger partial charge >= 0.3 is 6.03 Å². The highest BCUT2D eigenvalue weighted by Gasteiger charge is 2.42. The van der Waals surface area contributed by atoms with Crippen LogP contribution in [-0.2, 0) is 9.59 Å². The normalized spacial score (nSPS) is 25.4. The van der Waals surface area contributed by atoms with Gasteiger partial charge in [-0.25, -0.2) is 4.79 Å². The molecule has 0 aromatic heterocycles. The number of anilines is 1. The fraction of sp³-hybridized carbons (Fsp3) is 0.500. The van der Waals surface area contributed by atoms with Crippen LogP contribution in [0.25, 0.3) is 0 Å². The molecule has 2 atom stereocenters. The summed E-state index contributed by atoms with van der Waals surface area (Å²) in [5.41, 5.74) is -0.0536. The second-order valence-corrected chi connectivity index (χ2v) is 8.04. The number of carbonyl (C=O) groups is 3. The monoisotopic (exact) mass is 412 g/mol. The van der Waals surface area contributed by atoms with Gasteiger partial charge in [0.25, 0.3) is 5.91 Å². The zero-order valence-electron chi connectivity index (χ0n) is 15.2. The number of halogens is 2. The number of carbonyl (C=O) groups excluding carboxylic acids is 3. The predicted octanol–water partition coefficient (Wildman–Crippen LogP) is 2.41. The molecule has 2 aliphatic heterocycles. The largest absolute Gasteiger partial charge is 0.365 e. The third-order valence-corrected chi connectivity index (χ3v) is 5.91. The van der Waals surface area contributed by atoms with Gasteiger partial charge in [0.1, 0.15) is 5.54 Å². The summed E-state index contributed by atoms with van der Waals surface area (Å²) in [4.78, 5) is 39.8. The van der Waals surface area contributed by atoms with E-state index in [4.69, 9.17) is 23.2 Å². The summed E-state index contributed by atoms with van der Waals surface area (Å²) < 4.78 is 0. The second kappa shape index (κ2) is 7.56. The predicted molar refractivity (Wildman–Crippen MR) is 104 cm³/mol. The van der Waals surface area contributed by atoms with Crippen molar-refractivity contribution in [2.75, 3.05) is 24.5 Å². The highest BCUT2D eigenvalue weighted by molar-refractivity contribution is 6.42. The first-order chi connectivity index (χ1) is 12.7. The molecule has 1 aromatic carbocycles. The van der Waals surface area contributed by atoms with Crippen LogP contribution in [0.2, 0.25) is 10.0 Å². The van der Waals surface area contributed by atoms with Crippen LogP contribution < -0.4 is 15.5 Å². The Kier molecular flexibility index (Phi) is 5.53. The average molecular weight is 413 g/mol. The number of benzene rings is 1. The molecule has 2 heterocycles. The van der Waals surface area contributed by atoms with E-state index >= 15 is 0 Å². The summed E-state index contributed by atoms with van der Waals surface area (Å²) in [5, 5.41) is 5.81. The van der Waals surface area contributed by atoms with E-state index in [0.29, 0.717) is 29.7 Å². The fourth-order valence-electron chi connectivity index (χ4n) is 3.50. The number of rotatable bonds is 4. The lowest BCUT2D eigenvalue weighted by molar-refractivity contribution is -0.132. The smallest absolute Gasteiger partial charge is 0.322 e. The molecule has 1 aromatic rings. The van der Waals surface area contributed by atoms with Crippen molar-refractivity contribution in [3.8, 4) is 0 Å². The molecule has 2 fully saturated rings. The highest BCUT2D eigenvalue weighted by atomic mass is 35.5. The Morgan fingerprint density at radius 1 is 1.26 bits per heavy atom. The maximum atomic E-state index is 12.6. The van der Waals surface area contributed by atoms with Crippen molar-refractivity contribution in [1.82, 2.24) is 15.5 Å². The molecule has 2 aliphatic rings. The molecular formula is C18H22Cl2N4O3. The van der Waals surface area contributed by atoms with E-state index in [0.717, 1.165) is 5.69 Å². The van der Waals surface area contributed by atoms with Gasteiger partial charge < -0.3 is 15.1 Å². The van der Waals surface area contributed by atoms with Crippen LogP contribution in [-0.4, -0.2) is 54.0 Å². The van der Waals surface area contributed by atoms with Crippen molar-refractivity contribution in [3.63, 3.8) is 0 Å². The van der Waals surface area contributed by atoms with Gasteiger partial charge in [0.15, 0.2) is 0 Å². The van der Waals surface area contributed by atoms with E-state index in [1.807, 2.05) is 19.1 Å². The van der Waals surface area contributed by atoms with Crippen LogP contribution in [0.15, 0.2) is 18.2 Å². The van der Waals surface area contributed by atoms with Gasteiger partial charge in [0.05, 0.1) is 10.0 Å². The lowest BCUT2D eigenvalue weighted by Crippen LogP contribution is -2.54. The second-order valence-electron chi connectivity index (χ2n) is 7.22. The number of hydrogen-bond acceptors (Lipinski definition) is 4. The molecule has 3 rings (SSSR count). The highest BCUT2D eigenvalue weighted by Crippen LogP contribution is 2.29. The van der Waals surface area contributed by atoms with Crippen molar-refractivity contribution in [1.29, 1.82) is 0 Å². The van der Waals surface area contributed by atoms with Crippen molar-refractivity contribution in [2.45, 2.75) is 38.3 Å². The van der Waals surface area contributed by atoms with Gasteiger partial charge in [0, 0.05) is 37.8 Å². The van der Waals surface area contributed by atoms with Gasteiger partial charge in [-0.3, -0.25) is 14.9 Å². The van der Waals surface area contributed by atoms with Crippen molar-refractivity contribution >= 4 is 46.7 Å². The first-order valence-corrected chi connectivity index (χ1v) is 9.58. The number of imide groups is 1. The molecule has 9 heteroatoms. The van der Waals surface area contributed by atoms with E-state index in [-0.39, 0.29) is 24.8 Å².